The second kappa shape index (κ2) is 6.71. The SMILES string of the molecule is COc1cccc(C(O)COc2cnccc2C(=O)O)c1. The predicted molar refractivity (Wildman–Crippen MR) is 74.6 cm³/mol. The highest BCUT2D eigenvalue weighted by atomic mass is 16.5. The minimum atomic E-state index is -1.11. The number of rotatable bonds is 6. The lowest BCUT2D eigenvalue weighted by atomic mass is 10.1. The lowest BCUT2D eigenvalue weighted by molar-refractivity contribution is 0.0682. The summed E-state index contributed by atoms with van der Waals surface area (Å²) in [6.07, 6.45) is 1.78. The number of nitrogens with zero attached hydrogens (tertiary/aromatic N) is 1. The second-order valence-electron chi connectivity index (χ2n) is 4.28. The molecule has 0 aliphatic carbocycles. The molecular weight excluding hydrogens is 274 g/mol. The van der Waals surface area contributed by atoms with Crippen LogP contribution < -0.4 is 9.47 Å². The molecule has 6 nitrogen and oxygen atoms in total. The molecule has 2 N–H and O–H groups in total. The fraction of sp³-hybridized carbons (Fsp3) is 0.200. The summed E-state index contributed by atoms with van der Waals surface area (Å²) in [5.41, 5.74) is 0.623. The minimum absolute atomic E-state index is 0.00263. The number of carboxylic acid groups (broad SMARTS) is 1. The number of aliphatic hydroxyl groups is 1. The smallest absolute Gasteiger partial charge is 0.339 e. The van der Waals surface area contributed by atoms with Crippen LogP contribution in [0.15, 0.2) is 42.7 Å². The van der Waals surface area contributed by atoms with Gasteiger partial charge >= 0.3 is 5.97 Å². The van der Waals surface area contributed by atoms with E-state index in [2.05, 4.69) is 4.98 Å². The highest BCUT2D eigenvalue weighted by Gasteiger charge is 2.14. The van der Waals surface area contributed by atoms with Crippen LogP contribution in [0.5, 0.6) is 11.5 Å². The van der Waals surface area contributed by atoms with E-state index in [-0.39, 0.29) is 17.9 Å². The van der Waals surface area contributed by atoms with Crippen molar-refractivity contribution in [3.63, 3.8) is 0 Å². The first-order chi connectivity index (χ1) is 10.1. The molecule has 1 atom stereocenters. The zero-order valence-electron chi connectivity index (χ0n) is 11.4. The van der Waals surface area contributed by atoms with E-state index in [0.717, 1.165) is 0 Å². The molecule has 0 aliphatic rings. The number of pyridine rings is 1. The van der Waals surface area contributed by atoms with E-state index in [9.17, 15) is 9.90 Å². The van der Waals surface area contributed by atoms with Crippen molar-refractivity contribution in [3.05, 3.63) is 53.9 Å². The Bertz CT molecular complexity index is 629. The molecule has 0 bridgehead atoms. The Morgan fingerprint density at radius 2 is 2.19 bits per heavy atom. The molecule has 6 heteroatoms. The van der Waals surface area contributed by atoms with Crippen LogP contribution in [-0.2, 0) is 0 Å². The maximum Gasteiger partial charge on any atom is 0.339 e. The van der Waals surface area contributed by atoms with Crippen molar-refractivity contribution in [2.24, 2.45) is 0 Å². The van der Waals surface area contributed by atoms with Crippen molar-refractivity contribution in [1.82, 2.24) is 4.98 Å². The number of methoxy groups -OCH3 is 1. The van der Waals surface area contributed by atoms with Crippen LogP contribution in [-0.4, -0.2) is 34.9 Å². The molecule has 2 aromatic rings. The maximum atomic E-state index is 11.0. The molecule has 0 radical (unpaired) electrons. The molecule has 0 amide bonds. The van der Waals surface area contributed by atoms with Gasteiger partial charge in [0, 0.05) is 6.20 Å². The first-order valence-electron chi connectivity index (χ1n) is 6.24. The van der Waals surface area contributed by atoms with Crippen molar-refractivity contribution >= 4 is 5.97 Å². The third kappa shape index (κ3) is 3.70. The van der Waals surface area contributed by atoms with Crippen LogP contribution in [0.1, 0.15) is 22.0 Å². The zero-order chi connectivity index (χ0) is 15.2. The molecule has 1 aromatic carbocycles. The maximum absolute atomic E-state index is 11.0. The molecule has 21 heavy (non-hydrogen) atoms. The Morgan fingerprint density at radius 3 is 2.90 bits per heavy atom. The molecule has 110 valence electrons. The Morgan fingerprint density at radius 1 is 1.38 bits per heavy atom. The van der Waals surface area contributed by atoms with Crippen LogP contribution in [0.2, 0.25) is 0 Å². The molecule has 0 spiro atoms. The van der Waals surface area contributed by atoms with Crippen molar-refractivity contribution in [2.45, 2.75) is 6.10 Å². The van der Waals surface area contributed by atoms with E-state index in [1.807, 2.05) is 0 Å². The lowest BCUT2D eigenvalue weighted by Gasteiger charge is -2.14. The van der Waals surface area contributed by atoms with Gasteiger partial charge in [-0.1, -0.05) is 12.1 Å². The van der Waals surface area contributed by atoms with Gasteiger partial charge in [0.15, 0.2) is 5.75 Å². The number of carboxylic acids is 1. The Labute approximate surface area is 121 Å². The summed E-state index contributed by atoms with van der Waals surface area (Å²) < 4.78 is 10.4. The summed E-state index contributed by atoms with van der Waals surface area (Å²) in [7, 11) is 1.54. The number of benzene rings is 1. The van der Waals surface area contributed by atoms with Crippen LogP contribution in [0.25, 0.3) is 0 Å². The number of aromatic carboxylic acids is 1. The molecule has 0 aliphatic heterocycles. The van der Waals surface area contributed by atoms with Gasteiger partial charge in [-0.3, -0.25) is 4.98 Å². The van der Waals surface area contributed by atoms with Gasteiger partial charge in [-0.2, -0.15) is 0 Å². The first kappa shape index (κ1) is 14.8. The third-order valence-corrected chi connectivity index (χ3v) is 2.89. The van der Waals surface area contributed by atoms with Crippen molar-refractivity contribution in [3.8, 4) is 11.5 Å². The Kier molecular flexibility index (Phi) is 4.73. The fourth-order valence-electron chi connectivity index (χ4n) is 1.79. The van der Waals surface area contributed by atoms with Gasteiger partial charge in [-0.05, 0) is 23.8 Å². The lowest BCUT2D eigenvalue weighted by Crippen LogP contribution is -2.12. The van der Waals surface area contributed by atoms with Crippen molar-refractivity contribution in [1.29, 1.82) is 0 Å². The van der Waals surface area contributed by atoms with Gasteiger partial charge in [-0.15, -0.1) is 0 Å². The summed E-state index contributed by atoms with van der Waals surface area (Å²) in [5.74, 6) is -0.366. The molecule has 1 aromatic heterocycles. The fourth-order valence-corrected chi connectivity index (χ4v) is 1.79. The topological polar surface area (TPSA) is 88.9 Å². The zero-order valence-corrected chi connectivity index (χ0v) is 11.4. The van der Waals surface area contributed by atoms with Gasteiger partial charge < -0.3 is 19.7 Å². The second-order valence-corrected chi connectivity index (χ2v) is 4.28. The molecule has 1 heterocycles. The number of aliphatic hydroxyl groups excluding tert-OH is 1. The Hall–Kier alpha value is -2.60. The minimum Gasteiger partial charge on any atom is -0.497 e. The van der Waals surface area contributed by atoms with E-state index < -0.39 is 12.1 Å². The largest absolute Gasteiger partial charge is 0.497 e. The standard InChI is InChI=1S/C15H15NO5/c1-20-11-4-2-3-10(7-11)13(17)9-21-14-8-16-6-5-12(14)15(18)19/h2-8,13,17H,9H2,1H3,(H,18,19). The van der Waals surface area contributed by atoms with Crippen LogP contribution in [0.4, 0.5) is 0 Å². The van der Waals surface area contributed by atoms with E-state index in [1.165, 1.54) is 25.6 Å². The van der Waals surface area contributed by atoms with Gasteiger partial charge in [0.25, 0.3) is 0 Å². The summed E-state index contributed by atoms with van der Waals surface area (Å²) in [6.45, 7) is -0.0842. The van der Waals surface area contributed by atoms with E-state index >= 15 is 0 Å². The predicted octanol–water partition coefficient (Wildman–Crippen LogP) is 1.90. The summed E-state index contributed by atoms with van der Waals surface area (Å²) >= 11 is 0. The summed E-state index contributed by atoms with van der Waals surface area (Å²) in [5, 5.41) is 19.1. The van der Waals surface area contributed by atoms with Crippen LogP contribution >= 0.6 is 0 Å². The first-order valence-corrected chi connectivity index (χ1v) is 6.24. The Balaban J connectivity index is 2.07. The van der Waals surface area contributed by atoms with Gasteiger partial charge in [-0.25, -0.2) is 4.79 Å². The quantitative estimate of drug-likeness (QED) is 0.844. The highest BCUT2D eigenvalue weighted by molar-refractivity contribution is 5.90. The molecule has 1 unspecified atom stereocenters. The molecule has 2 rings (SSSR count). The van der Waals surface area contributed by atoms with Crippen LogP contribution in [0.3, 0.4) is 0 Å². The summed E-state index contributed by atoms with van der Waals surface area (Å²) in [6, 6.07) is 8.29. The van der Waals surface area contributed by atoms with Gasteiger partial charge in [0.2, 0.25) is 0 Å². The molecule has 0 saturated carbocycles. The van der Waals surface area contributed by atoms with Crippen LogP contribution in [0, 0.1) is 0 Å². The molecule has 0 fully saturated rings. The third-order valence-electron chi connectivity index (χ3n) is 2.89. The average molecular weight is 289 g/mol. The number of aromatic nitrogens is 1. The van der Waals surface area contributed by atoms with E-state index in [1.54, 1.807) is 24.3 Å². The van der Waals surface area contributed by atoms with Crippen molar-refractivity contribution < 1.29 is 24.5 Å². The molecule has 0 saturated heterocycles. The van der Waals surface area contributed by atoms with Crippen molar-refractivity contribution in [2.75, 3.05) is 13.7 Å². The summed E-state index contributed by atoms with van der Waals surface area (Å²) in [4.78, 5) is 14.8. The molecular formula is C15H15NO5. The van der Waals surface area contributed by atoms with E-state index in [4.69, 9.17) is 14.6 Å². The number of carbonyl (C=O) groups is 1. The number of hydrogen-bond acceptors (Lipinski definition) is 5. The van der Waals surface area contributed by atoms with E-state index in [0.29, 0.717) is 11.3 Å². The van der Waals surface area contributed by atoms with Gasteiger partial charge in [0.1, 0.15) is 24.0 Å². The normalized spacial score (nSPS) is 11.7. The number of hydrogen-bond donors (Lipinski definition) is 2. The monoisotopic (exact) mass is 289 g/mol. The number of ether oxygens (including phenoxy) is 2. The van der Waals surface area contributed by atoms with Gasteiger partial charge in [0.05, 0.1) is 13.3 Å². The average Bonchev–Trinajstić information content (AvgIpc) is 2.52. The highest BCUT2D eigenvalue weighted by Crippen LogP contribution is 2.22.